The van der Waals surface area contributed by atoms with Crippen molar-refractivity contribution >= 4 is 0 Å². The number of benzene rings is 14. The molecule has 0 fully saturated rings. The molecular formula is C105H89N15+6. The summed E-state index contributed by atoms with van der Waals surface area (Å²) in [5, 5.41) is 0. The molecule has 5 aromatic heterocycles. The highest BCUT2D eigenvalue weighted by atomic mass is 15.2. The Kier molecular flexibility index (Phi) is 22.3. The van der Waals surface area contributed by atoms with Gasteiger partial charge < -0.3 is 0 Å². The van der Waals surface area contributed by atoms with Crippen molar-refractivity contribution in [2.24, 2.45) is 0 Å². The predicted molar refractivity (Wildman–Crippen MR) is 473 cm³/mol. The van der Waals surface area contributed by atoms with Gasteiger partial charge in [0.25, 0.3) is 0 Å². The molecular weight excluding hydrogens is 1470 g/mol. The Labute approximate surface area is 713 Å². The second-order valence-electron chi connectivity index (χ2n) is 27.9. The first-order valence-electron chi connectivity index (χ1n) is 43.5. The van der Waals surface area contributed by atoms with Crippen LogP contribution in [-0.4, -0.2) is 44.9 Å². The van der Waals surface area contributed by atoms with Crippen LogP contribution in [0.1, 0.15) is 46.5 Å². The summed E-state index contributed by atoms with van der Waals surface area (Å²) < 4.78 is 84.5. The van der Waals surface area contributed by atoms with Crippen LogP contribution < -0.4 is 27.4 Å². The summed E-state index contributed by atoms with van der Waals surface area (Å²) in [6, 6.07) is 112. The van der Waals surface area contributed by atoms with Gasteiger partial charge in [0, 0.05) is 106 Å². The first-order chi connectivity index (χ1) is 62.6. The van der Waals surface area contributed by atoms with Crippen LogP contribution in [0.15, 0.2) is 432 Å². The molecule has 0 aliphatic heterocycles. The lowest BCUT2D eigenvalue weighted by Crippen LogP contribution is -2.55. The minimum atomic E-state index is -0.544. The molecule has 0 unspecified atom stereocenters. The minimum absolute atomic E-state index is 0.0809. The lowest BCUT2D eigenvalue weighted by molar-refractivity contribution is -0.858. The molecule has 0 saturated carbocycles. The average Bonchev–Trinajstić information content (AvgIpc) is 0.757. The Morgan fingerprint density at radius 3 is 0.808 bits per heavy atom. The summed E-state index contributed by atoms with van der Waals surface area (Å²) in [5.41, 5.74) is 17.7. The van der Waals surface area contributed by atoms with Crippen LogP contribution in [0.3, 0.4) is 0 Å². The monoisotopic (exact) mass is 1570 g/mol. The van der Waals surface area contributed by atoms with E-state index in [1.807, 2.05) is 141 Å². The van der Waals surface area contributed by atoms with Gasteiger partial charge in [0.05, 0.1) is 12.3 Å². The lowest BCUT2D eigenvalue weighted by atomic mass is 9.96. The van der Waals surface area contributed by atoms with Crippen LogP contribution in [0.5, 0.6) is 0 Å². The van der Waals surface area contributed by atoms with Gasteiger partial charge in [0.15, 0.2) is 34.9 Å². The van der Waals surface area contributed by atoms with Gasteiger partial charge >= 0.3 is 38.0 Å². The fourth-order valence-corrected chi connectivity index (χ4v) is 12.9. The predicted octanol–water partition coefficient (Wildman–Crippen LogP) is 19.8. The van der Waals surface area contributed by atoms with Crippen LogP contribution >= 0.6 is 0 Å². The van der Waals surface area contributed by atoms with Crippen LogP contribution in [0.4, 0.5) is 0 Å². The number of hydrogen-bond acceptors (Lipinski definition) is 9. The summed E-state index contributed by atoms with van der Waals surface area (Å²) >= 11 is 0. The Balaban J connectivity index is 0.000000125. The molecule has 19 rings (SSSR count). The zero-order valence-corrected chi connectivity index (χ0v) is 67.0. The van der Waals surface area contributed by atoms with Gasteiger partial charge in [0.1, 0.15) is 17.5 Å². The second kappa shape index (κ2) is 39.0. The Morgan fingerprint density at radius 1 is 0.183 bits per heavy atom. The molecule has 15 heteroatoms. The molecule has 0 aliphatic carbocycles. The molecule has 0 spiro atoms. The Morgan fingerprint density at radius 2 is 0.458 bits per heavy atom. The number of aromatic nitrogens is 15. The third-order valence-electron chi connectivity index (χ3n) is 18.8. The molecule has 0 amide bonds. The van der Waals surface area contributed by atoms with Gasteiger partial charge in [-0.2, -0.15) is 0 Å². The van der Waals surface area contributed by atoms with Gasteiger partial charge in [-0.3, -0.25) is 0 Å². The highest BCUT2D eigenvalue weighted by Gasteiger charge is 2.27. The molecule has 0 saturated heterocycles. The maximum atomic E-state index is 8.25. The van der Waals surface area contributed by atoms with Crippen molar-refractivity contribution < 1.29 is 39.7 Å². The zero-order valence-electron chi connectivity index (χ0n) is 76.0. The van der Waals surface area contributed by atoms with Crippen molar-refractivity contribution in [3.63, 3.8) is 0 Å². The van der Waals surface area contributed by atoms with Crippen molar-refractivity contribution in [3.8, 4) is 125 Å². The minimum Gasteiger partial charge on any atom is -0.213 e. The maximum Gasteiger partial charge on any atom is 0.428 e. The molecule has 120 heavy (non-hydrogen) atoms. The van der Waals surface area contributed by atoms with Gasteiger partial charge in [0.2, 0.25) is 34.1 Å². The number of para-hydroxylation sites is 4. The van der Waals surface area contributed by atoms with E-state index in [9.17, 15) is 0 Å². The van der Waals surface area contributed by atoms with Crippen LogP contribution in [-0.2, 0) is 0 Å². The first-order valence-corrected chi connectivity index (χ1v) is 39.0. The van der Waals surface area contributed by atoms with E-state index in [1.165, 1.54) is 25.0 Å². The van der Waals surface area contributed by atoms with E-state index in [-0.39, 0.29) is 52.3 Å². The van der Waals surface area contributed by atoms with Crippen molar-refractivity contribution in [3.05, 3.63) is 466 Å². The second-order valence-corrected chi connectivity index (χ2v) is 27.9. The van der Waals surface area contributed by atoms with E-state index in [2.05, 4.69) is 331 Å². The Bertz CT molecular complexity index is 6760. The average molecular weight is 1570 g/mol. The van der Waals surface area contributed by atoms with E-state index in [4.69, 9.17) is 17.3 Å². The lowest BCUT2D eigenvalue weighted by Gasteiger charge is -2.11. The van der Waals surface area contributed by atoms with Gasteiger partial charge in [-0.25, -0.2) is 44.9 Å². The van der Waals surface area contributed by atoms with Gasteiger partial charge in [-0.1, -0.05) is 336 Å². The van der Waals surface area contributed by atoms with E-state index in [0.29, 0.717) is 29.1 Å². The zero-order chi connectivity index (χ0) is 90.0. The highest BCUT2D eigenvalue weighted by molar-refractivity contribution is 5.80. The van der Waals surface area contributed by atoms with Gasteiger partial charge in [-0.05, 0) is 93.6 Å². The molecule has 15 nitrogen and oxygen atoms in total. The largest absolute Gasteiger partial charge is 0.428 e. The number of rotatable bonds is 14. The molecule has 0 aliphatic rings. The molecule has 19 aromatic rings. The molecule has 0 atom stereocenters. The Hall–Kier alpha value is -15.9. The smallest absolute Gasteiger partial charge is 0.213 e. The van der Waals surface area contributed by atoms with E-state index >= 15 is 0 Å². The first kappa shape index (κ1) is 68.5. The quantitative estimate of drug-likeness (QED) is 0.0974. The summed E-state index contributed by atoms with van der Waals surface area (Å²) in [7, 11) is 0. The summed E-state index contributed by atoms with van der Waals surface area (Å²) in [6.07, 6.45) is 12.6. The standard InChI is InChI=1S/C28H21N3.2C22H20N3.C17H15N3.C16H13N3/c1-20-29-27(23-15-9-4-10-16-23)31-28(30-20)26-18-24(21-11-5-2-6-12-21)17-25(19-26)22-13-7-3-8-14-22;1-19-9-8-14-22(15-19)25-17-23(20-10-4-2-5-11-20)16-24(18-25)21-12-6-3-7-13-21;1-19-12-14-22(15-13-19)25-17-23(20-8-4-2-5-9-20)16-24(18-25)21-10-6-3-7-11-21;1-12-7-6-10-15(11-12)17-19-13(2)18-16(20-17)14-8-4-3-5-9-14;1-12-17-15(13-8-4-2-5-9-13)19-16(18-12)14-10-6-3-7-11-14/h2-19H,1H3;2*2-18H,1H3;3-11H,1-2H3;2-11H,1H3/q;2*+3;;/i;;;3D,4D,5D,6D,7D,8D,9D,10D,11D;. The van der Waals surface area contributed by atoms with Crippen LogP contribution in [0, 0.1) is 41.5 Å². The van der Waals surface area contributed by atoms with Crippen LogP contribution in [0.2, 0.25) is 0 Å². The fraction of sp³-hybridized carbons (Fsp3) is 0.0571. The summed E-state index contributed by atoms with van der Waals surface area (Å²) in [5.74, 6) is 4.06. The maximum absolute atomic E-state index is 8.25. The number of hydrogen-bond donors (Lipinski definition) is 0. The van der Waals surface area contributed by atoms with Crippen molar-refractivity contribution in [2.45, 2.75) is 41.5 Å². The molecule has 0 radical (unpaired) electrons. The molecule has 0 N–H and O–H groups in total. The van der Waals surface area contributed by atoms with Crippen molar-refractivity contribution in [2.75, 3.05) is 0 Å². The van der Waals surface area contributed by atoms with Crippen LogP contribution in [0.25, 0.3) is 125 Å². The summed E-state index contributed by atoms with van der Waals surface area (Å²) in [4.78, 5) is 39.8. The van der Waals surface area contributed by atoms with E-state index in [0.717, 1.165) is 84.5 Å². The van der Waals surface area contributed by atoms with E-state index < -0.39 is 36.3 Å². The number of aryl methyl sites for hydroxylation is 5. The fourth-order valence-electron chi connectivity index (χ4n) is 12.9. The molecule has 578 valence electrons. The normalized spacial score (nSPS) is 11.6. The van der Waals surface area contributed by atoms with Crippen molar-refractivity contribution in [1.82, 2.24) is 44.9 Å². The van der Waals surface area contributed by atoms with E-state index in [1.54, 1.807) is 0 Å². The summed E-state index contributed by atoms with van der Waals surface area (Å²) in [6.45, 7) is 11.0. The van der Waals surface area contributed by atoms with Gasteiger partial charge in [-0.15, -0.1) is 0 Å². The third-order valence-corrected chi connectivity index (χ3v) is 18.8. The third kappa shape index (κ3) is 21.2. The highest BCUT2D eigenvalue weighted by Crippen LogP contribution is 2.33. The topological polar surface area (TPSA) is 139 Å². The molecule has 5 heterocycles. The molecule has 0 bridgehead atoms. The molecule has 14 aromatic carbocycles. The number of nitrogens with zero attached hydrogens (tertiary/aromatic N) is 15. The SMILES string of the molecule is Cc1ccc(-[n+]2c[n+](-c3ccccc3)c[n+](-c3ccccc3)c2)cc1.Cc1cccc(-[n+]2c[n+](-c3ccccc3)c[n+](-c3ccccc3)c2)c1.Cc1nc(-c2ccccc2)nc(-c2cc(-c3ccccc3)cc(-c3ccccc3)c2)n1.Cc1nc(-c2ccccc2)nc(-c2ccccc2)n1.[2H]c1c([2H])c([2H])c(-c2nc(C)nc(-c3c([2H])c([2H])c([2H])c(C)c3[2H])n2)c([2H])c1[2H]. The van der Waals surface area contributed by atoms with Crippen molar-refractivity contribution in [1.29, 1.82) is 0 Å².